The minimum Gasteiger partial charge on any atom is -0.376 e. The predicted molar refractivity (Wildman–Crippen MR) is 81.0 cm³/mol. The van der Waals surface area contributed by atoms with Crippen LogP contribution in [-0.2, 0) is 14.8 Å². The minimum absolute atomic E-state index is 0.0769. The average molecular weight is 312 g/mol. The Morgan fingerprint density at radius 3 is 2.81 bits per heavy atom. The van der Waals surface area contributed by atoms with E-state index in [-0.39, 0.29) is 12.0 Å². The third kappa shape index (κ3) is 4.71. The highest BCUT2D eigenvalue weighted by atomic mass is 32.2. The Morgan fingerprint density at radius 2 is 2.19 bits per heavy atom. The van der Waals surface area contributed by atoms with Crippen LogP contribution in [0.4, 0.5) is 5.69 Å². The molecule has 21 heavy (non-hydrogen) atoms. The average Bonchev–Trinajstić information content (AvgIpc) is 2.90. The molecule has 1 heterocycles. The predicted octanol–water partition coefficient (Wildman–Crippen LogP) is 1.28. The highest BCUT2D eigenvalue weighted by Crippen LogP contribution is 2.18. The van der Waals surface area contributed by atoms with Crippen molar-refractivity contribution < 1.29 is 17.9 Å². The number of hydrogen-bond donors (Lipinski definition) is 2. The van der Waals surface area contributed by atoms with Crippen LogP contribution in [0.25, 0.3) is 0 Å². The largest absolute Gasteiger partial charge is 0.376 e. The molecule has 1 saturated heterocycles. The van der Waals surface area contributed by atoms with Gasteiger partial charge in [0.05, 0.1) is 18.0 Å². The third-order valence-electron chi connectivity index (χ3n) is 3.31. The molecule has 0 radical (unpaired) electrons. The van der Waals surface area contributed by atoms with Crippen LogP contribution < -0.4 is 10.0 Å². The van der Waals surface area contributed by atoms with Crippen LogP contribution in [0.2, 0.25) is 0 Å². The SMILES string of the molecule is Cc1ccc(C(=O)NC[C@H]2CCCO2)cc1NS(C)(=O)=O. The van der Waals surface area contributed by atoms with Gasteiger partial charge < -0.3 is 10.1 Å². The maximum atomic E-state index is 12.1. The Hall–Kier alpha value is -1.60. The number of hydrogen-bond acceptors (Lipinski definition) is 4. The first kappa shape index (κ1) is 15.8. The van der Waals surface area contributed by atoms with Crippen LogP contribution in [0.15, 0.2) is 18.2 Å². The molecule has 7 heteroatoms. The lowest BCUT2D eigenvalue weighted by Gasteiger charge is -2.12. The second-order valence-electron chi connectivity index (χ2n) is 5.25. The lowest BCUT2D eigenvalue weighted by Crippen LogP contribution is -2.31. The van der Waals surface area contributed by atoms with E-state index in [4.69, 9.17) is 4.74 Å². The standard InChI is InChI=1S/C14H20N2O4S/c1-10-5-6-11(8-13(10)16-21(2,18)19)14(17)15-9-12-4-3-7-20-12/h5-6,8,12,16H,3-4,7,9H2,1-2H3,(H,15,17)/t12-/m1/s1. The second-order valence-corrected chi connectivity index (χ2v) is 7.00. The summed E-state index contributed by atoms with van der Waals surface area (Å²) in [7, 11) is -3.37. The molecular formula is C14H20N2O4S. The fourth-order valence-corrected chi connectivity index (χ4v) is 2.81. The second kappa shape index (κ2) is 6.44. The van der Waals surface area contributed by atoms with Gasteiger partial charge in [0.15, 0.2) is 0 Å². The number of nitrogens with one attached hydrogen (secondary N) is 2. The first-order valence-corrected chi connectivity index (χ1v) is 8.72. The molecule has 1 aromatic rings. The molecule has 1 atom stereocenters. The van der Waals surface area contributed by atoms with Crippen molar-refractivity contribution in [2.24, 2.45) is 0 Å². The summed E-state index contributed by atoms with van der Waals surface area (Å²) in [6, 6.07) is 4.93. The van der Waals surface area contributed by atoms with E-state index < -0.39 is 10.0 Å². The zero-order chi connectivity index (χ0) is 15.5. The molecule has 1 fully saturated rings. The van der Waals surface area contributed by atoms with Crippen molar-refractivity contribution in [2.45, 2.75) is 25.9 Å². The maximum absolute atomic E-state index is 12.1. The van der Waals surface area contributed by atoms with Gasteiger partial charge in [-0.05, 0) is 37.5 Å². The summed E-state index contributed by atoms with van der Waals surface area (Å²) in [5, 5.41) is 2.81. The van der Waals surface area contributed by atoms with Crippen molar-refractivity contribution in [2.75, 3.05) is 24.1 Å². The van der Waals surface area contributed by atoms with E-state index in [1.54, 1.807) is 25.1 Å². The molecule has 0 aromatic heterocycles. The molecule has 116 valence electrons. The molecule has 0 saturated carbocycles. The van der Waals surface area contributed by atoms with Crippen molar-refractivity contribution in [1.82, 2.24) is 5.32 Å². The van der Waals surface area contributed by atoms with Crippen molar-refractivity contribution >= 4 is 21.6 Å². The third-order valence-corrected chi connectivity index (χ3v) is 3.90. The number of carbonyl (C=O) groups excluding carboxylic acids is 1. The van der Waals surface area contributed by atoms with Crippen molar-refractivity contribution in [3.63, 3.8) is 0 Å². The quantitative estimate of drug-likeness (QED) is 0.857. The summed E-state index contributed by atoms with van der Waals surface area (Å²) in [6.07, 6.45) is 3.13. The van der Waals surface area contributed by atoms with Crippen LogP contribution >= 0.6 is 0 Å². The van der Waals surface area contributed by atoms with E-state index in [2.05, 4.69) is 10.0 Å². The van der Waals surface area contributed by atoms with Gasteiger partial charge in [-0.25, -0.2) is 8.42 Å². The molecule has 0 spiro atoms. The number of benzene rings is 1. The fraction of sp³-hybridized carbons (Fsp3) is 0.500. The highest BCUT2D eigenvalue weighted by Gasteiger charge is 2.17. The first-order valence-electron chi connectivity index (χ1n) is 6.83. The van der Waals surface area contributed by atoms with Crippen LogP contribution in [0.5, 0.6) is 0 Å². The molecule has 2 N–H and O–H groups in total. The first-order chi connectivity index (χ1) is 9.85. The molecular weight excluding hydrogens is 292 g/mol. The lowest BCUT2D eigenvalue weighted by atomic mass is 10.1. The Morgan fingerprint density at radius 1 is 1.43 bits per heavy atom. The van der Waals surface area contributed by atoms with E-state index in [0.29, 0.717) is 17.8 Å². The smallest absolute Gasteiger partial charge is 0.251 e. The molecule has 6 nitrogen and oxygen atoms in total. The molecule has 2 rings (SSSR count). The summed E-state index contributed by atoms with van der Waals surface area (Å²) in [5.74, 6) is -0.234. The monoisotopic (exact) mass is 312 g/mol. The van der Waals surface area contributed by atoms with E-state index in [9.17, 15) is 13.2 Å². The zero-order valence-corrected chi connectivity index (χ0v) is 13.0. The van der Waals surface area contributed by atoms with Gasteiger partial charge in [-0.2, -0.15) is 0 Å². The van der Waals surface area contributed by atoms with Crippen molar-refractivity contribution in [1.29, 1.82) is 0 Å². The Balaban J connectivity index is 2.04. The molecule has 0 bridgehead atoms. The summed E-state index contributed by atoms with van der Waals surface area (Å²) < 4.78 is 30.5. The van der Waals surface area contributed by atoms with Crippen LogP contribution in [0.3, 0.4) is 0 Å². The van der Waals surface area contributed by atoms with E-state index in [0.717, 1.165) is 31.3 Å². The number of rotatable bonds is 5. The maximum Gasteiger partial charge on any atom is 0.251 e. The normalized spacial score (nSPS) is 18.5. The highest BCUT2D eigenvalue weighted by molar-refractivity contribution is 7.92. The number of ether oxygens (including phenoxy) is 1. The van der Waals surface area contributed by atoms with Crippen LogP contribution in [-0.4, -0.2) is 39.8 Å². The van der Waals surface area contributed by atoms with Crippen molar-refractivity contribution in [3.8, 4) is 0 Å². The van der Waals surface area contributed by atoms with Crippen LogP contribution in [0, 0.1) is 6.92 Å². The van der Waals surface area contributed by atoms with Gasteiger partial charge in [0.1, 0.15) is 0 Å². The Bertz CT molecular complexity index is 622. The molecule has 0 aliphatic carbocycles. The topological polar surface area (TPSA) is 84.5 Å². The van der Waals surface area contributed by atoms with Gasteiger partial charge in [0.25, 0.3) is 5.91 Å². The summed E-state index contributed by atoms with van der Waals surface area (Å²) >= 11 is 0. The number of carbonyl (C=O) groups is 1. The van der Waals surface area contributed by atoms with Gasteiger partial charge in [-0.15, -0.1) is 0 Å². The summed E-state index contributed by atoms with van der Waals surface area (Å²) in [4.78, 5) is 12.1. The molecule has 1 aliphatic heterocycles. The van der Waals surface area contributed by atoms with E-state index >= 15 is 0 Å². The van der Waals surface area contributed by atoms with E-state index in [1.807, 2.05) is 0 Å². The Kier molecular flexibility index (Phi) is 4.84. The molecule has 1 amide bonds. The number of sulfonamides is 1. The van der Waals surface area contributed by atoms with E-state index in [1.165, 1.54) is 0 Å². The number of amides is 1. The number of aryl methyl sites for hydroxylation is 1. The minimum atomic E-state index is -3.37. The number of anilines is 1. The van der Waals surface area contributed by atoms with Gasteiger partial charge >= 0.3 is 0 Å². The van der Waals surface area contributed by atoms with Gasteiger partial charge in [-0.3, -0.25) is 9.52 Å². The van der Waals surface area contributed by atoms with Gasteiger partial charge in [-0.1, -0.05) is 6.07 Å². The lowest BCUT2D eigenvalue weighted by molar-refractivity contribution is 0.0858. The van der Waals surface area contributed by atoms with Crippen LogP contribution in [0.1, 0.15) is 28.8 Å². The Labute approximate surface area is 124 Å². The molecule has 0 unspecified atom stereocenters. The van der Waals surface area contributed by atoms with Gasteiger partial charge in [0.2, 0.25) is 10.0 Å². The van der Waals surface area contributed by atoms with Crippen molar-refractivity contribution in [3.05, 3.63) is 29.3 Å². The molecule has 1 aromatic carbocycles. The van der Waals surface area contributed by atoms with Gasteiger partial charge in [0, 0.05) is 18.7 Å². The summed E-state index contributed by atoms with van der Waals surface area (Å²) in [5.41, 5.74) is 1.60. The zero-order valence-electron chi connectivity index (χ0n) is 12.2. The fourth-order valence-electron chi connectivity index (χ4n) is 2.19. The molecule has 1 aliphatic rings. The summed E-state index contributed by atoms with van der Waals surface area (Å²) in [6.45, 7) is 3.00.